The van der Waals surface area contributed by atoms with Crippen LogP contribution in [0.1, 0.15) is 18.8 Å². The zero-order chi connectivity index (χ0) is 11.4. The number of hydrogen-bond donors (Lipinski definition) is 0. The Kier molecular flexibility index (Phi) is 3.98. The third-order valence-corrected chi connectivity index (χ3v) is 3.21. The summed E-state index contributed by atoms with van der Waals surface area (Å²) in [6.07, 6.45) is -0.287. The molecule has 1 saturated heterocycles. The molecule has 0 unspecified atom stereocenters. The molecule has 1 aromatic carbocycles. The van der Waals surface area contributed by atoms with Crippen molar-refractivity contribution in [3.63, 3.8) is 0 Å². The Morgan fingerprint density at radius 1 is 1.25 bits per heavy atom. The summed E-state index contributed by atoms with van der Waals surface area (Å²) in [5, 5.41) is 0.229. The summed E-state index contributed by atoms with van der Waals surface area (Å²) >= 11 is 1.28. The first kappa shape index (κ1) is 11.6. The fourth-order valence-corrected chi connectivity index (χ4v) is 2.35. The molecule has 16 heavy (non-hydrogen) atoms. The zero-order valence-corrected chi connectivity index (χ0v) is 9.91. The van der Waals surface area contributed by atoms with Crippen molar-refractivity contribution in [1.29, 1.82) is 0 Å². The second kappa shape index (κ2) is 5.48. The van der Waals surface area contributed by atoms with Gasteiger partial charge in [-0.1, -0.05) is 42.1 Å². The first-order valence-corrected chi connectivity index (χ1v) is 6.09. The molecule has 86 valence electrons. The molecule has 0 N–H and O–H groups in total. The predicted molar refractivity (Wildman–Crippen MR) is 63.1 cm³/mol. The molecule has 0 amide bonds. The molecule has 1 heterocycles. The Hall–Kier alpha value is -0.840. The van der Waals surface area contributed by atoms with Gasteiger partial charge in [0, 0.05) is 12.5 Å². The van der Waals surface area contributed by atoms with Crippen LogP contribution in [0.4, 0.5) is 0 Å². The minimum absolute atomic E-state index is 0.107. The summed E-state index contributed by atoms with van der Waals surface area (Å²) in [4.78, 5) is 10.9. The highest BCUT2D eigenvalue weighted by molar-refractivity contribution is 8.14. The second-order valence-corrected chi connectivity index (χ2v) is 5.12. The van der Waals surface area contributed by atoms with E-state index in [1.165, 1.54) is 11.8 Å². The normalized spacial score (nSPS) is 25.3. The van der Waals surface area contributed by atoms with Crippen LogP contribution in [0.15, 0.2) is 30.3 Å². The van der Waals surface area contributed by atoms with Gasteiger partial charge < -0.3 is 9.47 Å². The Morgan fingerprint density at radius 3 is 2.44 bits per heavy atom. The lowest BCUT2D eigenvalue weighted by Crippen LogP contribution is -2.29. The molecule has 0 bridgehead atoms. The SMILES string of the molecule is CC(=O)S[C@H]1CO[C@H](c2ccccc2)OC1. The Morgan fingerprint density at radius 2 is 1.88 bits per heavy atom. The lowest BCUT2D eigenvalue weighted by Gasteiger charge is -2.28. The van der Waals surface area contributed by atoms with Crippen LogP contribution >= 0.6 is 11.8 Å². The summed E-state index contributed by atoms with van der Waals surface area (Å²) < 4.78 is 11.2. The molecule has 2 rings (SSSR count). The number of rotatable bonds is 2. The third-order valence-electron chi connectivity index (χ3n) is 2.27. The van der Waals surface area contributed by atoms with Gasteiger partial charge in [-0.25, -0.2) is 0 Å². The molecule has 0 radical (unpaired) electrons. The molecule has 1 fully saturated rings. The molecular weight excluding hydrogens is 224 g/mol. The number of thioether (sulfide) groups is 1. The highest BCUT2D eigenvalue weighted by Crippen LogP contribution is 2.27. The highest BCUT2D eigenvalue weighted by Gasteiger charge is 2.24. The highest BCUT2D eigenvalue weighted by atomic mass is 32.2. The minimum Gasteiger partial charge on any atom is -0.347 e. The lowest BCUT2D eigenvalue weighted by atomic mass is 10.2. The topological polar surface area (TPSA) is 35.5 Å². The second-order valence-electron chi connectivity index (χ2n) is 3.64. The molecule has 0 saturated carbocycles. The van der Waals surface area contributed by atoms with Gasteiger partial charge >= 0.3 is 0 Å². The summed E-state index contributed by atoms with van der Waals surface area (Å²) in [5.41, 5.74) is 1.02. The van der Waals surface area contributed by atoms with Gasteiger partial charge in [0.1, 0.15) is 0 Å². The van der Waals surface area contributed by atoms with Crippen LogP contribution in [0.5, 0.6) is 0 Å². The first-order chi connectivity index (χ1) is 7.75. The smallest absolute Gasteiger partial charge is 0.186 e. The zero-order valence-electron chi connectivity index (χ0n) is 9.09. The number of hydrogen-bond acceptors (Lipinski definition) is 4. The van der Waals surface area contributed by atoms with Crippen molar-refractivity contribution in [2.45, 2.75) is 18.5 Å². The van der Waals surface area contributed by atoms with E-state index in [2.05, 4.69) is 0 Å². The number of carbonyl (C=O) groups is 1. The van der Waals surface area contributed by atoms with Gasteiger partial charge in [-0.3, -0.25) is 4.79 Å². The van der Waals surface area contributed by atoms with Gasteiger partial charge in [-0.2, -0.15) is 0 Å². The van der Waals surface area contributed by atoms with Crippen LogP contribution in [-0.4, -0.2) is 23.6 Å². The van der Waals surface area contributed by atoms with Crippen molar-refractivity contribution in [1.82, 2.24) is 0 Å². The third kappa shape index (κ3) is 3.07. The molecule has 0 aliphatic carbocycles. The van der Waals surface area contributed by atoms with E-state index >= 15 is 0 Å². The average Bonchev–Trinajstić information content (AvgIpc) is 2.30. The van der Waals surface area contributed by atoms with Crippen molar-refractivity contribution in [3.8, 4) is 0 Å². The van der Waals surface area contributed by atoms with Crippen molar-refractivity contribution < 1.29 is 14.3 Å². The van der Waals surface area contributed by atoms with Crippen LogP contribution in [0.2, 0.25) is 0 Å². The van der Waals surface area contributed by atoms with Gasteiger partial charge in [0.2, 0.25) is 0 Å². The standard InChI is InChI=1S/C12H14O3S/c1-9(13)16-11-7-14-12(15-8-11)10-5-3-2-4-6-10/h2-6,11-12H,7-8H2,1H3/t11-,12-. The summed E-state index contributed by atoms with van der Waals surface area (Å²) in [7, 11) is 0. The van der Waals surface area contributed by atoms with Crippen molar-refractivity contribution in [2.24, 2.45) is 0 Å². The van der Waals surface area contributed by atoms with E-state index in [1.807, 2.05) is 30.3 Å². The fourth-order valence-electron chi connectivity index (χ4n) is 1.59. The van der Waals surface area contributed by atoms with Crippen molar-refractivity contribution >= 4 is 16.9 Å². The van der Waals surface area contributed by atoms with Gasteiger partial charge in [-0.15, -0.1) is 0 Å². The quantitative estimate of drug-likeness (QED) is 0.792. The Labute approximate surface area is 99.1 Å². The van der Waals surface area contributed by atoms with E-state index in [0.717, 1.165) is 5.56 Å². The molecule has 0 spiro atoms. The average molecular weight is 238 g/mol. The lowest BCUT2D eigenvalue weighted by molar-refractivity contribution is -0.179. The van der Waals surface area contributed by atoms with Crippen LogP contribution in [0.25, 0.3) is 0 Å². The molecule has 0 atom stereocenters. The minimum atomic E-state index is -0.287. The van der Waals surface area contributed by atoms with E-state index < -0.39 is 0 Å². The summed E-state index contributed by atoms with van der Waals surface area (Å²) in [6, 6.07) is 9.82. The van der Waals surface area contributed by atoms with E-state index in [0.29, 0.717) is 13.2 Å². The molecule has 0 aromatic heterocycles. The molecular formula is C12H14O3S. The van der Waals surface area contributed by atoms with E-state index in [1.54, 1.807) is 6.92 Å². The predicted octanol–water partition coefficient (Wildman–Crippen LogP) is 2.38. The largest absolute Gasteiger partial charge is 0.347 e. The van der Waals surface area contributed by atoms with E-state index in [9.17, 15) is 4.79 Å². The van der Waals surface area contributed by atoms with Crippen LogP contribution in [0.3, 0.4) is 0 Å². The van der Waals surface area contributed by atoms with Gasteiger partial charge in [0.05, 0.1) is 18.5 Å². The summed E-state index contributed by atoms with van der Waals surface area (Å²) in [5.74, 6) is 0. The molecule has 3 nitrogen and oxygen atoms in total. The van der Waals surface area contributed by atoms with Gasteiger partial charge in [-0.05, 0) is 0 Å². The maximum absolute atomic E-state index is 10.9. The van der Waals surface area contributed by atoms with Crippen LogP contribution < -0.4 is 0 Å². The fraction of sp³-hybridized carbons (Fsp3) is 0.417. The molecule has 1 aliphatic heterocycles. The monoisotopic (exact) mass is 238 g/mol. The number of benzene rings is 1. The van der Waals surface area contributed by atoms with Crippen molar-refractivity contribution in [2.75, 3.05) is 13.2 Å². The van der Waals surface area contributed by atoms with E-state index in [4.69, 9.17) is 9.47 Å². The van der Waals surface area contributed by atoms with Crippen molar-refractivity contribution in [3.05, 3.63) is 35.9 Å². The number of carbonyl (C=O) groups excluding carboxylic acids is 1. The summed E-state index contributed by atoms with van der Waals surface area (Å²) in [6.45, 7) is 2.68. The van der Waals surface area contributed by atoms with Gasteiger partial charge in [0.15, 0.2) is 11.4 Å². The first-order valence-electron chi connectivity index (χ1n) is 5.21. The molecule has 4 heteroatoms. The number of ether oxygens (including phenoxy) is 2. The molecule has 1 aliphatic rings. The Bertz CT molecular complexity index is 345. The van der Waals surface area contributed by atoms with E-state index in [-0.39, 0.29) is 16.7 Å². The van der Waals surface area contributed by atoms with Crippen LogP contribution in [0, 0.1) is 0 Å². The maximum atomic E-state index is 10.9. The molecule has 1 aromatic rings. The van der Waals surface area contributed by atoms with Gasteiger partial charge in [0.25, 0.3) is 0 Å². The maximum Gasteiger partial charge on any atom is 0.186 e. The van der Waals surface area contributed by atoms with Crippen LogP contribution in [-0.2, 0) is 14.3 Å². The Balaban J connectivity index is 1.88.